The predicted octanol–water partition coefficient (Wildman–Crippen LogP) is 3.43. The number of nitrogens with one attached hydrogen (secondary N) is 1. The maximum absolute atomic E-state index is 12.5. The molecule has 1 atom stereocenters. The number of alkyl halides is 3. The Balaban J connectivity index is 2.32. The maximum atomic E-state index is 12.5. The van der Waals surface area contributed by atoms with E-state index in [9.17, 15) is 13.2 Å². The van der Waals surface area contributed by atoms with Crippen LogP contribution >= 0.6 is 15.9 Å². The molecule has 0 radical (unpaired) electrons. The minimum atomic E-state index is -4.24. The van der Waals surface area contributed by atoms with E-state index in [1.807, 2.05) is 0 Å². The van der Waals surface area contributed by atoms with Crippen LogP contribution in [0, 0.1) is 0 Å². The third-order valence-corrected chi connectivity index (χ3v) is 3.51. The van der Waals surface area contributed by atoms with Gasteiger partial charge in [-0.3, -0.25) is 0 Å². The van der Waals surface area contributed by atoms with Gasteiger partial charge >= 0.3 is 6.18 Å². The zero-order valence-corrected chi connectivity index (χ0v) is 11.8. The number of rotatable bonds is 3. The quantitative estimate of drug-likeness (QED) is 0.915. The van der Waals surface area contributed by atoms with Gasteiger partial charge in [-0.15, -0.1) is 0 Å². The summed E-state index contributed by atoms with van der Waals surface area (Å²) in [6.07, 6.45) is -5.18. The first-order valence-electron chi connectivity index (χ1n) is 5.74. The van der Waals surface area contributed by atoms with Crippen LogP contribution in [0.1, 0.15) is 18.0 Å². The van der Waals surface area contributed by atoms with Gasteiger partial charge in [-0.05, 0) is 24.7 Å². The highest BCUT2D eigenvalue weighted by Crippen LogP contribution is 2.40. The van der Waals surface area contributed by atoms with Gasteiger partial charge in [0.05, 0.1) is 6.42 Å². The summed E-state index contributed by atoms with van der Waals surface area (Å²) >= 11 is 3.28. The number of benzene rings is 1. The van der Waals surface area contributed by atoms with Crippen LogP contribution in [-0.2, 0) is 0 Å². The van der Waals surface area contributed by atoms with Crippen LogP contribution in [0.4, 0.5) is 13.2 Å². The van der Waals surface area contributed by atoms with Crippen molar-refractivity contribution in [2.45, 2.75) is 18.6 Å². The molecule has 1 aliphatic heterocycles. The number of hydrogen-bond donors (Lipinski definition) is 1. The van der Waals surface area contributed by atoms with E-state index in [4.69, 9.17) is 9.47 Å². The Morgan fingerprint density at radius 3 is 2.37 bits per heavy atom. The van der Waals surface area contributed by atoms with E-state index in [-0.39, 0.29) is 0 Å². The van der Waals surface area contributed by atoms with Crippen LogP contribution < -0.4 is 14.8 Å². The monoisotopic (exact) mass is 339 g/mol. The minimum absolute atomic E-state index is 0.400. The van der Waals surface area contributed by atoms with Crippen molar-refractivity contribution in [3.63, 3.8) is 0 Å². The lowest BCUT2D eigenvalue weighted by atomic mass is 10.0. The third-order valence-electron chi connectivity index (χ3n) is 2.82. The Kier molecular flexibility index (Phi) is 4.25. The van der Waals surface area contributed by atoms with Crippen molar-refractivity contribution in [1.82, 2.24) is 5.32 Å². The van der Waals surface area contributed by atoms with E-state index in [2.05, 4.69) is 21.2 Å². The average molecular weight is 340 g/mol. The number of hydrogen-bond acceptors (Lipinski definition) is 3. The fourth-order valence-electron chi connectivity index (χ4n) is 1.95. The molecule has 1 aromatic carbocycles. The smallest absolute Gasteiger partial charge is 0.390 e. The molecule has 0 bridgehead atoms. The average Bonchev–Trinajstić information content (AvgIpc) is 2.34. The first-order chi connectivity index (χ1) is 8.90. The molecule has 0 spiro atoms. The first-order valence-corrected chi connectivity index (χ1v) is 6.53. The van der Waals surface area contributed by atoms with Gasteiger partial charge in [0.25, 0.3) is 0 Å². The highest BCUT2D eigenvalue weighted by atomic mass is 79.9. The summed E-state index contributed by atoms with van der Waals surface area (Å²) in [6, 6.07) is 2.40. The number of halogens is 4. The molecule has 1 aliphatic rings. The molecular formula is C12H13BrF3NO2. The molecule has 1 heterocycles. The summed E-state index contributed by atoms with van der Waals surface area (Å²) in [5, 5.41) is 2.68. The van der Waals surface area contributed by atoms with Crippen molar-refractivity contribution in [2.24, 2.45) is 0 Å². The van der Waals surface area contributed by atoms with Gasteiger partial charge in [0.2, 0.25) is 0 Å². The topological polar surface area (TPSA) is 30.5 Å². The lowest BCUT2D eigenvalue weighted by Gasteiger charge is -2.24. The van der Waals surface area contributed by atoms with Crippen molar-refractivity contribution in [3.8, 4) is 11.5 Å². The first kappa shape index (κ1) is 14.5. The predicted molar refractivity (Wildman–Crippen MR) is 67.6 cm³/mol. The van der Waals surface area contributed by atoms with Crippen LogP contribution in [0.25, 0.3) is 0 Å². The normalized spacial score (nSPS) is 16.3. The molecule has 2 rings (SSSR count). The summed E-state index contributed by atoms with van der Waals surface area (Å²) in [7, 11) is 1.50. The second-order valence-corrected chi connectivity index (χ2v) is 5.03. The van der Waals surface area contributed by atoms with E-state index >= 15 is 0 Å². The second-order valence-electron chi connectivity index (χ2n) is 4.18. The largest absolute Gasteiger partial charge is 0.486 e. The standard InChI is InChI=1S/C12H13BrF3NO2/c1-17-9(6-12(14,15)16)7-4-10-11(5-8(7)13)19-3-2-18-10/h4-5,9,17H,2-3,6H2,1H3. The van der Waals surface area contributed by atoms with E-state index < -0.39 is 18.6 Å². The highest BCUT2D eigenvalue weighted by Gasteiger charge is 2.33. The highest BCUT2D eigenvalue weighted by molar-refractivity contribution is 9.10. The maximum Gasteiger partial charge on any atom is 0.390 e. The minimum Gasteiger partial charge on any atom is -0.486 e. The number of fused-ring (bicyclic) bond motifs is 1. The van der Waals surface area contributed by atoms with Crippen LogP contribution in [-0.4, -0.2) is 26.4 Å². The van der Waals surface area contributed by atoms with Gasteiger partial charge in [-0.25, -0.2) is 0 Å². The van der Waals surface area contributed by atoms with Crippen molar-refractivity contribution in [3.05, 3.63) is 22.2 Å². The van der Waals surface area contributed by atoms with Crippen LogP contribution in [0.3, 0.4) is 0 Å². The van der Waals surface area contributed by atoms with E-state index in [0.717, 1.165) is 0 Å². The zero-order chi connectivity index (χ0) is 14.0. The Morgan fingerprint density at radius 1 is 1.26 bits per heavy atom. The third kappa shape index (κ3) is 3.54. The van der Waals surface area contributed by atoms with Crippen LogP contribution in [0.5, 0.6) is 11.5 Å². The fourth-order valence-corrected chi connectivity index (χ4v) is 2.54. The summed E-state index contributed by atoms with van der Waals surface area (Å²) in [5.41, 5.74) is 0.504. The molecule has 106 valence electrons. The molecular weight excluding hydrogens is 327 g/mol. The van der Waals surface area contributed by atoms with Crippen molar-refractivity contribution >= 4 is 15.9 Å². The SMILES string of the molecule is CNC(CC(F)(F)F)c1cc2c(cc1Br)OCCO2. The van der Waals surface area contributed by atoms with Gasteiger partial charge < -0.3 is 14.8 Å². The number of ether oxygens (including phenoxy) is 2. The molecule has 0 saturated carbocycles. The Labute approximate surface area is 117 Å². The molecule has 3 nitrogen and oxygen atoms in total. The molecule has 1 unspecified atom stereocenters. The molecule has 7 heteroatoms. The summed E-state index contributed by atoms with van der Waals surface area (Å²) < 4.78 is 48.9. The zero-order valence-electron chi connectivity index (χ0n) is 10.2. The molecule has 0 aromatic heterocycles. The van der Waals surface area contributed by atoms with E-state index in [1.54, 1.807) is 12.1 Å². The summed E-state index contributed by atoms with van der Waals surface area (Å²) in [4.78, 5) is 0. The van der Waals surface area contributed by atoms with Gasteiger partial charge in [0.1, 0.15) is 13.2 Å². The van der Waals surface area contributed by atoms with Gasteiger partial charge in [-0.1, -0.05) is 15.9 Å². The Hall–Kier alpha value is -0.950. The van der Waals surface area contributed by atoms with Gasteiger partial charge in [-0.2, -0.15) is 13.2 Å². The molecule has 0 fully saturated rings. The molecule has 1 N–H and O–H groups in total. The van der Waals surface area contributed by atoms with Crippen molar-refractivity contribution < 1.29 is 22.6 Å². The lowest BCUT2D eigenvalue weighted by Crippen LogP contribution is -2.24. The van der Waals surface area contributed by atoms with Gasteiger partial charge in [0.15, 0.2) is 11.5 Å². The Bertz CT molecular complexity index is 465. The van der Waals surface area contributed by atoms with Crippen LogP contribution in [0.2, 0.25) is 0 Å². The van der Waals surface area contributed by atoms with Crippen LogP contribution in [0.15, 0.2) is 16.6 Å². The molecule has 19 heavy (non-hydrogen) atoms. The molecule has 1 aromatic rings. The second kappa shape index (κ2) is 5.58. The summed E-state index contributed by atoms with van der Waals surface area (Å²) in [5.74, 6) is 1.02. The van der Waals surface area contributed by atoms with Crippen molar-refractivity contribution in [1.29, 1.82) is 0 Å². The lowest BCUT2D eigenvalue weighted by molar-refractivity contribution is -0.140. The summed E-state index contributed by atoms with van der Waals surface area (Å²) in [6.45, 7) is 0.842. The van der Waals surface area contributed by atoms with E-state index in [1.165, 1.54) is 7.05 Å². The van der Waals surface area contributed by atoms with Crippen molar-refractivity contribution in [2.75, 3.05) is 20.3 Å². The fraction of sp³-hybridized carbons (Fsp3) is 0.500. The Morgan fingerprint density at radius 2 is 1.84 bits per heavy atom. The molecule has 0 amide bonds. The molecule has 0 aliphatic carbocycles. The van der Waals surface area contributed by atoms with Gasteiger partial charge in [0, 0.05) is 10.5 Å². The van der Waals surface area contributed by atoms with E-state index in [0.29, 0.717) is 34.7 Å². The molecule has 0 saturated heterocycles.